The molecule has 1 aliphatic rings. The molecule has 0 saturated heterocycles. The van der Waals surface area contributed by atoms with Crippen molar-refractivity contribution in [2.24, 2.45) is 10.4 Å². The van der Waals surface area contributed by atoms with E-state index in [1.54, 1.807) is 0 Å². The minimum atomic E-state index is -2.94. The number of guanidine groups is 1. The standard InChI is InChI=1S/C15H26N4O2S.HI/c1-3-16-14(17-8-11-19-9-4-5-10-19)18-12-15(6-7-15)13-22(2,20)21;/h4-5,9-10H,3,6-8,11-13H2,1-2H3,(H2,16,17,18);1H. The fraction of sp³-hybridized carbons (Fsp3) is 0.667. The minimum Gasteiger partial charge on any atom is -0.357 e. The van der Waals surface area contributed by atoms with Crippen LogP contribution in [-0.2, 0) is 16.4 Å². The van der Waals surface area contributed by atoms with Crippen molar-refractivity contribution in [2.75, 3.05) is 31.6 Å². The van der Waals surface area contributed by atoms with E-state index in [2.05, 4.69) is 20.2 Å². The van der Waals surface area contributed by atoms with Crippen LogP contribution in [0.15, 0.2) is 29.5 Å². The predicted octanol–water partition coefficient (Wildman–Crippen LogP) is 1.49. The lowest BCUT2D eigenvalue weighted by Crippen LogP contribution is -2.39. The van der Waals surface area contributed by atoms with Crippen LogP contribution in [0.4, 0.5) is 0 Å². The Morgan fingerprint density at radius 2 is 1.91 bits per heavy atom. The van der Waals surface area contributed by atoms with E-state index in [0.717, 1.165) is 38.4 Å². The molecule has 0 atom stereocenters. The number of aromatic nitrogens is 1. The molecule has 8 heteroatoms. The molecule has 0 amide bonds. The SMILES string of the molecule is CCNC(=NCC1(CS(C)(=O)=O)CC1)NCCn1cccc1.I. The molecule has 0 aromatic carbocycles. The highest BCUT2D eigenvalue weighted by Crippen LogP contribution is 2.46. The Hall–Kier alpha value is -0.770. The molecule has 1 aliphatic carbocycles. The van der Waals surface area contributed by atoms with E-state index in [1.165, 1.54) is 6.26 Å². The van der Waals surface area contributed by atoms with Gasteiger partial charge in [-0.3, -0.25) is 4.99 Å². The molecule has 1 heterocycles. The lowest BCUT2D eigenvalue weighted by molar-refractivity contribution is 0.549. The summed E-state index contributed by atoms with van der Waals surface area (Å²) in [4.78, 5) is 4.57. The summed E-state index contributed by atoms with van der Waals surface area (Å²) in [5, 5.41) is 6.50. The molecule has 1 fully saturated rings. The number of rotatable bonds is 8. The third-order valence-electron chi connectivity index (χ3n) is 3.77. The molecule has 0 aliphatic heterocycles. The van der Waals surface area contributed by atoms with Gasteiger partial charge in [-0.05, 0) is 31.9 Å². The summed E-state index contributed by atoms with van der Waals surface area (Å²) in [7, 11) is -2.94. The van der Waals surface area contributed by atoms with Crippen molar-refractivity contribution in [1.29, 1.82) is 0 Å². The van der Waals surface area contributed by atoms with Gasteiger partial charge in [0.1, 0.15) is 9.84 Å². The maximum absolute atomic E-state index is 11.5. The fourth-order valence-corrected chi connectivity index (χ4v) is 3.98. The Morgan fingerprint density at radius 3 is 2.43 bits per heavy atom. The van der Waals surface area contributed by atoms with Gasteiger partial charge in [0.15, 0.2) is 5.96 Å². The van der Waals surface area contributed by atoms with Crippen molar-refractivity contribution >= 4 is 39.8 Å². The zero-order valence-corrected chi connectivity index (χ0v) is 16.9. The van der Waals surface area contributed by atoms with Gasteiger partial charge in [0.2, 0.25) is 0 Å². The number of sulfone groups is 1. The molecule has 0 spiro atoms. The van der Waals surface area contributed by atoms with Crippen LogP contribution >= 0.6 is 24.0 Å². The molecule has 1 saturated carbocycles. The number of hydrogen-bond donors (Lipinski definition) is 2. The van der Waals surface area contributed by atoms with Crippen molar-refractivity contribution < 1.29 is 8.42 Å². The van der Waals surface area contributed by atoms with Gasteiger partial charge in [-0.2, -0.15) is 0 Å². The summed E-state index contributed by atoms with van der Waals surface area (Å²) >= 11 is 0. The molecule has 0 radical (unpaired) electrons. The highest BCUT2D eigenvalue weighted by atomic mass is 127. The van der Waals surface area contributed by atoms with Crippen LogP contribution in [0.3, 0.4) is 0 Å². The molecular weight excluding hydrogens is 427 g/mol. The van der Waals surface area contributed by atoms with Crippen LogP contribution in [0.1, 0.15) is 19.8 Å². The Bertz CT molecular complexity index is 595. The maximum atomic E-state index is 11.5. The second-order valence-corrected chi connectivity index (χ2v) is 8.25. The molecule has 6 nitrogen and oxygen atoms in total. The summed E-state index contributed by atoms with van der Waals surface area (Å²) in [5.74, 6) is 1.00. The predicted molar refractivity (Wildman–Crippen MR) is 105 cm³/mol. The zero-order valence-electron chi connectivity index (χ0n) is 13.8. The third kappa shape index (κ3) is 7.56. The van der Waals surface area contributed by atoms with Crippen LogP contribution in [0.5, 0.6) is 0 Å². The first-order valence-corrected chi connectivity index (χ1v) is 9.79. The van der Waals surface area contributed by atoms with E-state index in [0.29, 0.717) is 6.54 Å². The normalized spacial score (nSPS) is 16.5. The number of nitrogens with one attached hydrogen (secondary N) is 2. The van der Waals surface area contributed by atoms with E-state index >= 15 is 0 Å². The van der Waals surface area contributed by atoms with E-state index < -0.39 is 9.84 Å². The van der Waals surface area contributed by atoms with Gasteiger partial charge in [-0.25, -0.2) is 8.42 Å². The lowest BCUT2D eigenvalue weighted by atomic mass is 10.1. The van der Waals surface area contributed by atoms with Gasteiger partial charge in [-0.15, -0.1) is 24.0 Å². The summed E-state index contributed by atoms with van der Waals surface area (Å²) < 4.78 is 25.1. The van der Waals surface area contributed by atoms with Gasteiger partial charge in [0, 0.05) is 50.2 Å². The summed E-state index contributed by atoms with van der Waals surface area (Å²) in [6, 6.07) is 4.00. The Morgan fingerprint density at radius 1 is 1.26 bits per heavy atom. The van der Waals surface area contributed by atoms with E-state index in [9.17, 15) is 8.42 Å². The summed E-state index contributed by atoms with van der Waals surface area (Å²) in [6.45, 7) is 5.02. The topological polar surface area (TPSA) is 75.5 Å². The van der Waals surface area contributed by atoms with Gasteiger partial charge in [0.25, 0.3) is 0 Å². The van der Waals surface area contributed by atoms with Crippen LogP contribution < -0.4 is 10.6 Å². The quantitative estimate of drug-likeness (QED) is 0.355. The summed E-state index contributed by atoms with van der Waals surface area (Å²) in [5.41, 5.74) is -0.129. The van der Waals surface area contributed by atoms with E-state index in [-0.39, 0.29) is 35.1 Å². The molecule has 0 bridgehead atoms. The fourth-order valence-electron chi connectivity index (χ4n) is 2.49. The van der Waals surface area contributed by atoms with Crippen molar-refractivity contribution in [3.63, 3.8) is 0 Å². The van der Waals surface area contributed by atoms with Crippen LogP contribution in [0.2, 0.25) is 0 Å². The van der Waals surface area contributed by atoms with Crippen LogP contribution in [0.25, 0.3) is 0 Å². The number of nitrogens with zero attached hydrogens (tertiary/aromatic N) is 2. The van der Waals surface area contributed by atoms with Crippen LogP contribution in [0, 0.1) is 5.41 Å². The zero-order chi connectivity index (χ0) is 16.1. The largest absolute Gasteiger partial charge is 0.357 e. The molecule has 2 N–H and O–H groups in total. The first-order chi connectivity index (χ1) is 10.4. The van der Waals surface area contributed by atoms with Gasteiger partial charge in [0.05, 0.1) is 5.75 Å². The lowest BCUT2D eigenvalue weighted by Gasteiger charge is -2.15. The first-order valence-electron chi connectivity index (χ1n) is 7.73. The molecule has 1 aromatic heterocycles. The Balaban J connectivity index is 0.00000264. The Labute approximate surface area is 156 Å². The van der Waals surface area contributed by atoms with Crippen molar-refractivity contribution in [1.82, 2.24) is 15.2 Å². The van der Waals surface area contributed by atoms with Crippen molar-refractivity contribution in [2.45, 2.75) is 26.3 Å². The maximum Gasteiger partial charge on any atom is 0.191 e. The average molecular weight is 454 g/mol. The Kier molecular flexibility index (Phi) is 7.85. The minimum absolute atomic E-state index is 0. The summed E-state index contributed by atoms with van der Waals surface area (Å²) in [6.07, 6.45) is 7.25. The number of hydrogen-bond acceptors (Lipinski definition) is 3. The van der Waals surface area contributed by atoms with Crippen molar-refractivity contribution in [3.05, 3.63) is 24.5 Å². The third-order valence-corrected chi connectivity index (χ3v) is 4.91. The molecule has 132 valence electrons. The molecular formula is C15H27IN4O2S. The van der Waals surface area contributed by atoms with Crippen LogP contribution in [-0.4, -0.2) is 50.6 Å². The molecule has 0 unspecified atom stereocenters. The monoisotopic (exact) mass is 454 g/mol. The average Bonchev–Trinajstić information content (AvgIpc) is 2.97. The second kappa shape index (κ2) is 8.91. The van der Waals surface area contributed by atoms with E-state index in [4.69, 9.17) is 0 Å². The van der Waals surface area contributed by atoms with Crippen molar-refractivity contribution in [3.8, 4) is 0 Å². The first kappa shape index (κ1) is 20.3. The molecule has 23 heavy (non-hydrogen) atoms. The number of aliphatic imine (C=N–C) groups is 1. The van der Waals surface area contributed by atoms with Gasteiger partial charge < -0.3 is 15.2 Å². The second-order valence-electron chi connectivity index (χ2n) is 6.11. The number of halogens is 1. The smallest absolute Gasteiger partial charge is 0.191 e. The molecule has 1 aromatic rings. The van der Waals surface area contributed by atoms with Gasteiger partial charge >= 0.3 is 0 Å². The molecule has 2 rings (SSSR count). The van der Waals surface area contributed by atoms with E-state index in [1.807, 2.05) is 31.5 Å². The van der Waals surface area contributed by atoms with Gasteiger partial charge in [-0.1, -0.05) is 0 Å². The highest BCUT2D eigenvalue weighted by molar-refractivity contribution is 14.0. The highest BCUT2D eigenvalue weighted by Gasteiger charge is 2.45.